The van der Waals surface area contributed by atoms with Crippen LogP contribution in [0.1, 0.15) is 53.9 Å². The summed E-state index contributed by atoms with van der Waals surface area (Å²) in [6, 6.07) is 0. The first-order valence-corrected chi connectivity index (χ1v) is 11.8. The van der Waals surface area contributed by atoms with Gasteiger partial charge in [0.05, 0.1) is 0 Å². The molecule has 0 aromatic rings. The van der Waals surface area contributed by atoms with Gasteiger partial charge in [-0.05, 0) is 0 Å². The van der Waals surface area contributed by atoms with Crippen LogP contribution in [0.5, 0.6) is 0 Å². The second kappa shape index (κ2) is 9.80. The standard InChI is InChI=1S/C9H20N.2C2H5.Ga/c1-4-7-10(8-5-2)9-6-3;2*1-2;/h7H,4-6,8-9H2,1-3H3;2*1H2,2H3;. The number of nitrogens with zero attached hydrogens (tertiary/aromatic N) is 1. The monoisotopic (exact) mass is 269 g/mol. The van der Waals surface area contributed by atoms with Gasteiger partial charge in [0.2, 0.25) is 0 Å². The Kier molecular flexibility index (Phi) is 10.2. The van der Waals surface area contributed by atoms with Crippen LogP contribution < -0.4 is 0 Å². The van der Waals surface area contributed by atoms with Gasteiger partial charge in [-0.1, -0.05) is 0 Å². The number of rotatable bonds is 9. The van der Waals surface area contributed by atoms with Gasteiger partial charge in [-0.3, -0.25) is 0 Å². The van der Waals surface area contributed by atoms with Crippen molar-refractivity contribution in [2.75, 3.05) is 13.1 Å². The molecule has 0 fully saturated rings. The van der Waals surface area contributed by atoms with Crippen molar-refractivity contribution in [3.05, 3.63) is 0 Å². The molecule has 0 radical (unpaired) electrons. The predicted molar refractivity (Wildman–Crippen MR) is 73.0 cm³/mol. The fourth-order valence-electron chi connectivity index (χ4n) is 2.74. The second-order valence-corrected chi connectivity index (χ2v) is 12.8. The first-order valence-electron chi connectivity index (χ1n) is 6.98. The van der Waals surface area contributed by atoms with Gasteiger partial charge in [0.1, 0.15) is 0 Å². The molecule has 0 aromatic heterocycles. The molecular formula is C13H30GaN. The molecule has 0 aliphatic carbocycles. The van der Waals surface area contributed by atoms with E-state index in [4.69, 9.17) is 0 Å². The molecular weight excluding hydrogens is 240 g/mol. The third-order valence-corrected chi connectivity index (χ3v) is 12.1. The van der Waals surface area contributed by atoms with E-state index in [1.807, 2.05) is 0 Å². The molecule has 0 saturated heterocycles. The molecule has 0 amide bonds. The zero-order valence-electron chi connectivity index (χ0n) is 11.6. The van der Waals surface area contributed by atoms with Crippen LogP contribution in [0, 0.1) is 0 Å². The van der Waals surface area contributed by atoms with Crippen molar-refractivity contribution < 1.29 is 0 Å². The van der Waals surface area contributed by atoms with E-state index in [1.165, 1.54) is 42.3 Å². The molecule has 0 heterocycles. The normalized spacial score (nSPS) is 13.2. The van der Waals surface area contributed by atoms with Crippen LogP contribution >= 0.6 is 0 Å². The molecule has 0 bridgehead atoms. The molecule has 15 heavy (non-hydrogen) atoms. The molecule has 0 saturated carbocycles. The molecule has 0 aliphatic rings. The van der Waals surface area contributed by atoms with Crippen molar-refractivity contribution in [2.24, 2.45) is 0 Å². The van der Waals surface area contributed by atoms with Crippen molar-refractivity contribution in [3.8, 4) is 0 Å². The van der Waals surface area contributed by atoms with E-state index in [-0.39, 0.29) is 0 Å². The van der Waals surface area contributed by atoms with Crippen LogP contribution in [0.4, 0.5) is 0 Å². The minimum atomic E-state index is -0.992. The number of hydrogen-bond donors (Lipinski definition) is 0. The van der Waals surface area contributed by atoms with Gasteiger partial charge in [0.25, 0.3) is 0 Å². The molecule has 0 aliphatic heterocycles. The minimum absolute atomic E-state index is 0.992. The molecule has 0 rings (SSSR count). The van der Waals surface area contributed by atoms with Gasteiger partial charge in [-0.15, -0.1) is 0 Å². The Morgan fingerprint density at radius 3 is 1.60 bits per heavy atom. The molecule has 1 atom stereocenters. The Labute approximate surface area is 103 Å². The third kappa shape index (κ3) is 5.46. The van der Waals surface area contributed by atoms with Crippen LogP contribution in [0.25, 0.3) is 0 Å². The van der Waals surface area contributed by atoms with Crippen LogP contribution in [-0.4, -0.2) is 38.8 Å². The van der Waals surface area contributed by atoms with Gasteiger partial charge in [0.15, 0.2) is 0 Å². The summed E-state index contributed by atoms with van der Waals surface area (Å²) in [4.78, 5) is 5.84. The van der Waals surface area contributed by atoms with Crippen LogP contribution in [0.2, 0.25) is 9.95 Å². The zero-order chi connectivity index (χ0) is 11.7. The average molecular weight is 270 g/mol. The second-order valence-electron chi connectivity index (χ2n) is 4.59. The van der Waals surface area contributed by atoms with Gasteiger partial charge < -0.3 is 0 Å². The molecule has 0 spiro atoms. The predicted octanol–water partition coefficient (Wildman–Crippen LogP) is 3.96. The third-order valence-electron chi connectivity index (χ3n) is 3.50. The van der Waals surface area contributed by atoms with E-state index < -0.39 is 16.2 Å². The van der Waals surface area contributed by atoms with Crippen molar-refractivity contribution in [3.63, 3.8) is 0 Å². The maximum atomic E-state index is 2.80. The van der Waals surface area contributed by atoms with E-state index in [2.05, 4.69) is 39.5 Å². The summed E-state index contributed by atoms with van der Waals surface area (Å²) in [5, 5.41) is 0. The van der Waals surface area contributed by atoms with Gasteiger partial charge in [0, 0.05) is 0 Å². The van der Waals surface area contributed by atoms with E-state index in [9.17, 15) is 0 Å². The molecule has 1 unspecified atom stereocenters. The molecule has 2 heteroatoms. The van der Waals surface area contributed by atoms with Crippen molar-refractivity contribution in [1.29, 1.82) is 0 Å². The van der Waals surface area contributed by atoms with E-state index >= 15 is 0 Å². The summed E-state index contributed by atoms with van der Waals surface area (Å²) in [6.07, 6.45) is 4.03. The summed E-state index contributed by atoms with van der Waals surface area (Å²) in [5.74, 6) is 0. The van der Waals surface area contributed by atoms with Crippen molar-refractivity contribution in [1.82, 2.24) is 4.90 Å². The fraction of sp³-hybridized carbons (Fsp3) is 1.00. The maximum absolute atomic E-state index is 2.80. The Morgan fingerprint density at radius 1 is 0.867 bits per heavy atom. The molecule has 0 N–H and O–H groups in total. The first-order chi connectivity index (χ1) is 7.24. The van der Waals surface area contributed by atoms with Gasteiger partial charge in [-0.25, -0.2) is 0 Å². The quantitative estimate of drug-likeness (QED) is 0.573. The summed E-state index contributed by atoms with van der Waals surface area (Å²) in [5.41, 5.74) is 0. The Hall–Kier alpha value is 0.596. The summed E-state index contributed by atoms with van der Waals surface area (Å²) < 4.78 is 1.01. The SMILES string of the molecule is CCCN(CCC)[CH](CC)[Ga]([CH2]C)[CH2]C. The van der Waals surface area contributed by atoms with E-state index in [0.29, 0.717) is 0 Å². The first kappa shape index (κ1) is 15.6. The Bertz CT molecular complexity index is 128. The topological polar surface area (TPSA) is 3.24 Å². The summed E-state index contributed by atoms with van der Waals surface area (Å²) in [7, 11) is 0. The van der Waals surface area contributed by atoms with Gasteiger partial charge >= 0.3 is 103 Å². The van der Waals surface area contributed by atoms with Crippen molar-refractivity contribution >= 4 is 16.2 Å². The Balaban J connectivity index is 4.40. The molecule has 90 valence electrons. The molecule has 1 nitrogen and oxygen atoms in total. The fourth-order valence-corrected chi connectivity index (χ4v) is 9.51. The Morgan fingerprint density at radius 2 is 1.33 bits per heavy atom. The van der Waals surface area contributed by atoms with Crippen LogP contribution in [0.15, 0.2) is 0 Å². The van der Waals surface area contributed by atoms with Crippen molar-refractivity contribution in [2.45, 2.75) is 68.4 Å². The van der Waals surface area contributed by atoms with E-state index in [0.717, 1.165) is 4.60 Å². The summed E-state index contributed by atoms with van der Waals surface area (Å²) >= 11 is -0.992. The van der Waals surface area contributed by atoms with Crippen LogP contribution in [0.3, 0.4) is 0 Å². The number of hydrogen-bond acceptors (Lipinski definition) is 1. The van der Waals surface area contributed by atoms with E-state index in [1.54, 1.807) is 0 Å². The van der Waals surface area contributed by atoms with Crippen LogP contribution in [-0.2, 0) is 0 Å². The molecule has 0 aromatic carbocycles. The summed E-state index contributed by atoms with van der Waals surface area (Å²) in [6.45, 7) is 14.5. The van der Waals surface area contributed by atoms with Gasteiger partial charge in [-0.2, -0.15) is 0 Å². The zero-order valence-corrected chi connectivity index (χ0v) is 14.0. The average Bonchev–Trinajstić information content (AvgIpc) is 2.25.